The Morgan fingerprint density at radius 3 is 2.62 bits per heavy atom. The minimum Gasteiger partial charge on any atom is -0.465 e. The number of amides is 1. The number of ether oxygens (including phenoxy) is 1. The quantitative estimate of drug-likeness (QED) is 0.372. The van der Waals surface area contributed by atoms with Crippen LogP contribution in [0.1, 0.15) is 17.0 Å². The van der Waals surface area contributed by atoms with E-state index in [2.05, 4.69) is 9.97 Å². The van der Waals surface area contributed by atoms with Crippen molar-refractivity contribution in [2.75, 3.05) is 19.7 Å². The molecule has 0 spiro atoms. The molecule has 4 heterocycles. The van der Waals surface area contributed by atoms with Crippen LogP contribution in [0.4, 0.5) is 26.7 Å². The van der Waals surface area contributed by atoms with Crippen LogP contribution in [0, 0.1) is 18.6 Å². The number of nitrogens with one attached hydrogen (secondary N) is 1. The number of rotatable bonds is 4. The summed E-state index contributed by atoms with van der Waals surface area (Å²) in [6.07, 6.45) is -4.02. The predicted octanol–water partition coefficient (Wildman–Crippen LogP) is 4.92. The Morgan fingerprint density at radius 1 is 1.24 bits per heavy atom. The summed E-state index contributed by atoms with van der Waals surface area (Å²) < 4.78 is 76.9. The third-order valence-corrected chi connectivity index (χ3v) is 6.14. The molecule has 1 saturated heterocycles. The van der Waals surface area contributed by atoms with Gasteiger partial charge >= 0.3 is 12.3 Å². The van der Waals surface area contributed by atoms with Gasteiger partial charge < -0.3 is 24.1 Å². The van der Waals surface area contributed by atoms with E-state index in [0.717, 1.165) is 17.7 Å². The second-order valence-electron chi connectivity index (χ2n) is 8.72. The fourth-order valence-electron chi connectivity index (χ4n) is 4.37. The maximum absolute atomic E-state index is 15.4. The van der Waals surface area contributed by atoms with E-state index in [0.29, 0.717) is 17.5 Å². The number of imidazole rings is 2. The number of morpholine rings is 1. The van der Waals surface area contributed by atoms with E-state index >= 15 is 8.78 Å². The molecule has 4 aromatic rings. The first kappa shape index (κ1) is 24.7. The minimum atomic E-state index is -4.69. The highest BCUT2D eigenvalue weighted by molar-refractivity contribution is 5.71. The van der Waals surface area contributed by atoms with Crippen molar-refractivity contribution >= 4 is 11.7 Å². The second kappa shape index (κ2) is 9.14. The van der Waals surface area contributed by atoms with Crippen molar-refractivity contribution in [1.29, 1.82) is 0 Å². The highest BCUT2D eigenvalue weighted by Gasteiger charge is 2.33. The van der Waals surface area contributed by atoms with Crippen molar-refractivity contribution in [2.24, 2.45) is 0 Å². The van der Waals surface area contributed by atoms with Gasteiger partial charge in [0, 0.05) is 24.7 Å². The van der Waals surface area contributed by atoms with Crippen molar-refractivity contribution < 1.29 is 36.6 Å². The Balaban J connectivity index is 1.58. The first-order chi connectivity index (χ1) is 17.5. The highest BCUT2D eigenvalue weighted by Crippen LogP contribution is 2.35. The number of nitrogens with zero attached hydrogens (tertiary/aromatic N) is 4. The molecule has 1 aliphatic heterocycles. The third kappa shape index (κ3) is 4.73. The molecule has 1 fully saturated rings. The van der Waals surface area contributed by atoms with Crippen LogP contribution in [0.25, 0.3) is 28.3 Å². The average molecular weight is 521 g/mol. The summed E-state index contributed by atoms with van der Waals surface area (Å²) in [5.74, 6) is -2.43. The van der Waals surface area contributed by atoms with E-state index in [-0.39, 0.29) is 43.2 Å². The lowest BCUT2D eigenvalue weighted by molar-refractivity contribution is -0.140. The van der Waals surface area contributed by atoms with Gasteiger partial charge in [0.25, 0.3) is 0 Å². The van der Waals surface area contributed by atoms with Crippen LogP contribution in [-0.2, 0) is 17.3 Å². The smallest absolute Gasteiger partial charge is 0.432 e. The summed E-state index contributed by atoms with van der Waals surface area (Å²) in [5, 5.41) is 9.34. The number of pyridine rings is 1. The molecular weight excluding hydrogens is 501 g/mol. The molecule has 0 saturated carbocycles. The van der Waals surface area contributed by atoms with E-state index in [9.17, 15) is 23.1 Å². The zero-order valence-electron chi connectivity index (χ0n) is 19.3. The molecule has 13 heteroatoms. The van der Waals surface area contributed by atoms with Gasteiger partial charge in [-0.15, -0.1) is 0 Å². The normalized spacial score (nSPS) is 16.5. The number of alkyl halides is 3. The van der Waals surface area contributed by atoms with Crippen molar-refractivity contribution in [2.45, 2.75) is 25.6 Å². The number of aryl methyl sites for hydroxylation is 1. The van der Waals surface area contributed by atoms with E-state index in [1.807, 2.05) is 11.9 Å². The van der Waals surface area contributed by atoms with Crippen LogP contribution in [-0.4, -0.2) is 61.3 Å². The molecule has 8 nitrogen and oxygen atoms in total. The molecule has 0 radical (unpaired) electrons. The lowest BCUT2D eigenvalue weighted by atomic mass is 10.0. The molecule has 1 atom stereocenters. The summed E-state index contributed by atoms with van der Waals surface area (Å²) in [7, 11) is 0. The van der Waals surface area contributed by atoms with E-state index in [4.69, 9.17) is 4.74 Å². The number of halogens is 5. The molecule has 2 N–H and O–H groups in total. The number of carboxylic acid groups (broad SMARTS) is 1. The Morgan fingerprint density at radius 2 is 1.97 bits per heavy atom. The van der Waals surface area contributed by atoms with E-state index < -0.39 is 41.3 Å². The molecule has 1 amide bonds. The molecular formula is C24H20F5N5O3. The molecule has 37 heavy (non-hydrogen) atoms. The summed E-state index contributed by atoms with van der Waals surface area (Å²) in [6.45, 7) is 2.27. The number of hydrogen-bond acceptors (Lipinski definition) is 4. The molecule has 0 aliphatic carbocycles. The molecule has 3 aromatic heterocycles. The van der Waals surface area contributed by atoms with Gasteiger partial charge in [0.05, 0.1) is 42.4 Å². The van der Waals surface area contributed by atoms with E-state index in [1.165, 1.54) is 4.90 Å². The SMILES string of the molecule is Cc1ccn2c(C[C@H]3CN(C(=O)O)CCO3)c(-c3c(F)cc(-c4ncc(C(F)(F)F)[nH]4)cc3F)nc2c1. The molecule has 1 aliphatic rings. The van der Waals surface area contributed by atoms with Crippen LogP contribution in [0.15, 0.2) is 36.7 Å². The standard InChI is InChI=1S/C24H20F5N5O3/c1-12-2-3-34-17(9-14-11-33(23(35)36)4-5-37-14)21(32-19(34)6-12)20-15(25)7-13(8-16(20)26)22-30-10-18(31-22)24(27,28)29/h2-3,6-8,10,14H,4-5,9,11H2,1H3,(H,30,31)(H,35,36)/t14-/m0/s1. The maximum Gasteiger partial charge on any atom is 0.432 e. The average Bonchev–Trinajstić information content (AvgIpc) is 3.45. The number of H-pyrrole nitrogens is 1. The fraction of sp³-hybridized carbons (Fsp3) is 0.292. The maximum atomic E-state index is 15.4. The van der Waals surface area contributed by atoms with Crippen LogP contribution in [0.2, 0.25) is 0 Å². The Bertz CT molecular complexity index is 1470. The molecule has 5 rings (SSSR count). The Hall–Kier alpha value is -4.00. The first-order valence-corrected chi connectivity index (χ1v) is 11.2. The van der Waals surface area contributed by atoms with Gasteiger partial charge in [0.1, 0.15) is 28.8 Å². The third-order valence-electron chi connectivity index (χ3n) is 6.14. The molecule has 0 unspecified atom stereocenters. The van der Waals surface area contributed by atoms with Crippen molar-refractivity contribution in [1.82, 2.24) is 24.3 Å². The van der Waals surface area contributed by atoms with Crippen LogP contribution in [0.5, 0.6) is 0 Å². The number of aromatic nitrogens is 4. The predicted molar refractivity (Wildman–Crippen MR) is 121 cm³/mol. The van der Waals surface area contributed by atoms with Crippen molar-refractivity contribution in [3.63, 3.8) is 0 Å². The first-order valence-electron chi connectivity index (χ1n) is 11.2. The summed E-state index contributed by atoms with van der Waals surface area (Å²) in [6, 6.07) is 5.29. The van der Waals surface area contributed by atoms with Gasteiger partial charge in [-0.3, -0.25) is 0 Å². The number of benzene rings is 1. The van der Waals surface area contributed by atoms with Gasteiger partial charge in [-0.25, -0.2) is 23.5 Å². The molecule has 194 valence electrons. The molecule has 0 bridgehead atoms. The van der Waals surface area contributed by atoms with Gasteiger partial charge in [-0.1, -0.05) is 0 Å². The van der Waals surface area contributed by atoms with Gasteiger partial charge in [0.15, 0.2) is 0 Å². The zero-order chi connectivity index (χ0) is 26.5. The van der Waals surface area contributed by atoms with Gasteiger partial charge in [-0.2, -0.15) is 13.2 Å². The van der Waals surface area contributed by atoms with Crippen LogP contribution < -0.4 is 0 Å². The fourth-order valence-corrected chi connectivity index (χ4v) is 4.37. The lowest BCUT2D eigenvalue weighted by Crippen LogP contribution is -2.45. The topological polar surface area (TPSA) is 95.8 Å². The van der Waals surface area contributed by atoms with Crippen LogP contribution >= 0.6 is 0 Å². The summed E-state index contributed by atoms with van der Waals surface area (Å²) >= 11 is 0. The number of fused-ring (bicyclic) bond motifs is 1. The Labute approximate surface area is 206 Å². The number of carbonyl (C=O) groups is 1. The number of hydrogen-bond donors (Lipinski definition) is 2. The Kier molecular flexibility index (Phi) is 6.10. The lowest BCUT2D eigenvalue weighted by Gasteiger charge is -2.31. The van der Waals surface area contributed by atoms with Gasteiger partial charge in [0.2, 0.25) is 0 Å². The summed E-state index contributed by atoms with van der Waals surface area (Å²) in [5.41, 5.74) is -0.158. The number of aromatic amines is 1. The van der Waals surface area contributed by atoms with Crippen LogP contribution in [0.3, 0.4) is 0 Å². The van der Waals surface area contributed by atoms with Crippen molar-refractivity contribution in [3.05, 3.63) is 65.2 Å². The van der Waals surface area contributed by atoms with Crippen molar-refractivity contribution in [3.8, 4) is 22.6 Å². The summed E-state index contributed by atoms with van der Waals surface area (Å²) in [4.78, 5) is 22.7. The monoisotopic (exact) mass is 521 g/mol. The zero-order valence-corrected chi connectivity index (χ0v) is 19.3. The largest absolute Gasteiger partial charge is 0.465 e. The van der Waals surface area contributed by atoms with Gasteiger partial charge in [-0.05, 0) is 36.8 Å². The minimum absolute atomic E-state index is 0.0152. The highest BCUT2D eigenvalue weighted by atomic mass is 19.4. The van der Waals surface area contributed by atoms with E-state index in [1.54, 1.807) is 22.7 Å². The molecule has 1 aromatic carbocycles. The second-order valence-corrected chi connectivity index (χ2v) is 8.72.